The molecular formula is C16H24N2. The van der Waals surface area contributed by atoms with Gasteiger partial charge in [-0.05, 0) is 70.3 Å². The second-order valence-corrected chi connectivity index (χ2v) is 6.25. The molecule has 0 saturated heterocycles. The van der Waals surface area contributed by atoms with Crippen molar-refractivity contribution >= 4 is 10.9 Å². The van der Waals surface area contributed by atoms with E-state index in [1.54, 1.807) is 0 Å². The summed E-state index contributed by atoms with van der Waals surface area (Å²) < 4.78 is 0. The van der Waals surface area contributed by atoms with Crippen molar-refractivity contribution < 1.29 is 0 Å². The van der Waals surface area contributed by atoms with Gasteiger partial charge < -0.3 is 10.3 Å². The second-order valence-electron chi connectivity index (χ2n) is 6.25. The van der Waals surface area contributed by atoms with Gasteiger partial charge in [0.15, 0.2) is 0 Å². The van der Waals surface area contributed by atoms with E-state index < -0.39 is 0 Å². The van der Waals surface area contributed by atoms with E-state index in [4.69, 9.17) is 0 Å². The fourth-order valence-electron chi connectivity index (χ4n) is 2.51. The quantitative estimate of drug-likeness (QED) is 0.846. The topological polar surface area (TPSA) is 27.8 Å². The lowest BCUT2D eigenvalue weighted by atomic mass is 10.0. The van der Waals surface area contributed by atoms with Gasteiger partial charge in [0.1, 0.15) is 0 Å². The predicted octanol–water partition coefficient (Wildman–Crippen LogP) is 3.72. The van der Waals surface area contributed by atoms with Crippen LogP contribution in [0, 0.1) is 13.8 Å². The van der Waals surface area contributed by atoms with Gasteiger partial charge >= 0.3 is 0 Å². The first-order chi connectivity index (χ1) is 8.37. The van der Waals surface area contributed by atoms with Crippen LogP contribution in [0.25, 0.3) is 10.9 Å². The van der Waals surface area contributed by atoms with Crippen LogP contribution in [0.15, 0.2) is 18.3 Å². The smallest absolute Gasteiger partial charge is 0.0462 e. The Bertz CT molecular complexity index is 544. The Hall–Kier alpha value is -1.28. The van der Waals surface area contributed by atoms with Gasteiger partial charge in [-0.25, -0.2) is 0 Å². The molecule has 1 aromatic heterocycles. The normalized spacial score (nSPS) is 12.3. The monoisotopic (exact) mass is 244 g/mol. The van der Waals surface area contributed by atoms with E-state index in [1.807, 2.05) is 0 Å². The van der Waals surface area contributed by atoms with Gasteiger partial charge in [0.25, 0.3) is 0 Å². The summed E-state index contributed by atoms with van der Waals surface area (Å²) in [7, 11) is 0. The van der Waals surface area contributed by atoms with Crippen molar-refractivity contribution in [3.05, 3.63) is 35.0 Å². The molecule has 2 rings (SSSR count). The number of nitrogens with one attached hydrogen (secondary N) is 2. The molecule has 18 heavy (non-hydrogen) atoms. The number of hydrogen-bond donors (Lipinski definition) is 2. The standard InChI is InChI=1S/C16H24N2/c1-11-8-12(2)15-13(10-17-14(15)9-11)6-7-18-16(3,4)5/h8-10,17-18H,6-7H2,1-5H3. The lowest BCUT2D eigenvalue weighted by Gasteiger charge is -2.20. The average molecular weight is 244 g/mol. The van der Waals surface area contributed by atoms with Crippen molar-refractivity contribution in [2.75, 3.05) is 6.54 Å². The largest absolute Gasteiger partial charge is 0.361 e. The van der Waals surface area contributed by atoms with E-state index in [9.17, 15) is 0 Å². The number of hydrogen-bond acceptors (Lipinski definition) is 1. The maximum absolute atomic E-state index is 3.54. The van der Waals surface area contributed by atoms with Crippen molar-refractivity contribution in [3.8, 4) is 0 Å². The first-order valence-corrected chi connectivity index (χ1v) is 6.69. The zero-order valence-corrected chi connectivity index (χ0v) is 12.1. The van der Waals surface area contributed by atoms with Gasteiger partial charge in [0.05, 0.1) is 0 Å². The molecule has 98 valence electrons. The molecule has 2 N–H and O–H groups in total. The maximum atomic E-state index is 3.54. The highest BCUT2D eigenvalue weighted by atomic mass is 14.9. The van der Waals surface area contributed by atoms with E-state index >= 15 is 0 Å². The van der Waals surface area contributed by atoms with Crippen molar-refractivity contribution in [1.29, 1.82) is 0 Å². The van der Waals surface area contributed by atoms with Crippen LogP contribution in [0.4, 0.5) is 0 Å². The number of aromatic nitrogens is 1. The van der Waals surface area contributed by atoms with E-state index in [0.717, 1.165) is 13.0 Å². The Balaban J connectivity index is 2.19. The van der Waals surface area contributed by atoms with Gasteiger partial charge in [-0.2, -0.15) is 0 Å². The Morgan fingerprint density at radius 1 is 1.17 bits per heavy atom. The fraction of sp³-hybridized carbons (Fsp3) is 0.500. The summed E-state index contributed by atoms with van der Waals surface area (Å²) in [4.78, 5) is 3.39. The highest BCUT2D eigenvalue weighted by molar-refractivity contribution is 5.87. The van der Waals surface area contributed by atoms with Crippen LogP contribution in [0.1, 0.15) is 37.5 Å². The molecule has 2 nitrogen and oxygen atoms in total. The molecule has 0 aliphatic heterocycles. The van der Waals surface area contributed by atoms with Crippen molar-refractivity contribution in [2.45, 2.75) is 46.6 Å². The van der Waals surface area contributed by atoms with E-state index in [2.05, 4.69) is 63.2 Å². The summed E-state index contributed by atoms with van der Waals surface area (Å²) >= 11 is 0. The summed E-state index contributed by atoms with van der Waals surface area (Å²) in [6, 6.07) is 4.49. The molecule has 0 unspecified atom stereocenters. The summed E-state index contributed by atoms with van der Waals surface area (Å²) in [6.07, 6.45) is 3.22. The zero-order valence-electron chi connectivity index (χ0n) is 12.1. The van der Waals surface area contributed by atoms with Gasteiger partial charge in [-0.15, -0.1) is 0 Å². The summed E-state index contributed by atoms with van der Waals surface area (Å²) in [5.41, 5.74) is 5.56. The van der Waals surface area contributed by atoms with Crippen LogP contribution in [0.5, 0.6) is 0 Å². The molecule has 0 bridgehead atoms. The Morgan fingerprint density at radius 2 is 1.89 bits per heavy atom. The van der Waals surface area contributed by atoms with Crippen LogP contribution in [0.3, 0.4) is 0 Å². The first kappa shape index (κ1) is 13.2. The highest BCUT2D eigenvalue weighted by Crippen LogP contribution is 2.24. The van der Waals surface area contributed by atoms with Crippen molar-refractivity contribution in [3.63, 3.8) is 0 Å². The number of fused-ring (bicyclic) bond motifs is 1. The third kappa shape index (κ3) is 2.94. The second kappa shape index (κ2) is 4.77. The third-order valence-corrected chi connectivity index (χ3v) is 3.25. The number of aryl methyl sites for hydroxylation is 2. The van der Waals surface area contributed by atoms with Crippen molar-refractivity contribution in [2.24, 2.45) is 0 Å². The Labute approximate surface area is 110 Å². The third-order valence-electron chi connectivity index (χ3n) is 3.25. The minimum absolute atomic E-state index is 0.192. The highest BCUT2D eigenvalue weighted by Gasteiger charge is 2.10. The molecule has 0 amide bonds. The van der Waals surface area contributed by atoms with E-state index in [0.29, 0.717) is 0 Å². The minimum atomic E-state index is 0.192. The molecule has 0 aliphatic rings. The van der Waals surface area contributed by atoms with Crippen LogP contribution in [0.2, 0.25) is 0 Å². The molecule has 0 saturated carbocycles. The molecule has 1 heterocycles. The molecule has 0 spiro atoms. The average Bonchev–Trinajstić information content (AvgIpc) is 2.59. The molecule has 2 heteroatoms. The zero-order chi connectivity index (χ0) is 13.3. The van der Waals surface area contributed by atoms with Crippen molar-refractivity contribution in [1.82, 2.24) is 10.3 Å². The Kier molecular flexibility index (Phi) is 3.49. The number of rotatable bonds is 3. The molecule has 2 aromatic rings. The molecule has 0 atom stereocenters. The minimum Gasteiger partial charge on any atom is -0.361 e. The summed E-state index contributed by atoms with van der Waals surface area (Å²) in [5, 5.41) is 4.94. The number of H-pyrrole nitrogens is 1. The first-order valence-electron chi connectivity index (χ1n) is 6.69. The van der Waals surface area contributed by atoms with Crippen LogP contribution in [-0.4, -0.2) is 17.1 Å². The van der Waals surface area contributed by atoms with Gasteiger partial charge in [-0.1, -0.05) is 6.07 Å². The van der Waals surface area contributed by atoms with E-state index in [-0.39, 0.29) is 5.54 Å². The molecule has 0 fully saturated rings. The summed E-state index contributed by atoms with van der Waals surface area (Å²) in [6.45, 7) is 12.0. The molecular weight excluding hydrogens is 220 g/mol. The maximum Gasteiger partial charge on any atom is 0.0462 e. The van der Waals surface area contributed by atoms with Crippen LogP contribution in [-0.2, 0) is 6.42 Å². The Morgan fingerprint density at radius 3 is 2.56 bits per heavy atom. The number of benzene rings is 1. The summed E-state index contributed by atoms with van der Waals surface area (Å²) in [5.74, 6) is 0. The van der Waals surface area contributed by atoms with Crippen LogP contribution < -0.4 is 5.32 Å². The molecule has 0 radical (unpaired) electrons. The molecule has 1 aromatic carbocycles. The van der Waals surface area contributed by atoms with Crippen LogP contribution >= 0.6 is 0 Å². The SMILES string of the molecule is Cc1cc(C)c2c(CCNC(C)(C)C)c[nH]c2c1. The van der Waals surface area contributed by atoms with Gasteiger partial charge in [-0.3, -0.25) is 0 Å². The molecule has 0 aliphatic carbocycles. The number of aromatic amines is 1. The van der Waals surface area contributed by atoms with Gasteiger partial charge in [0.2, 0.25) is 0 Å². The predicted molar refractivity (Wildman–Crippen MR) is 79.2 cm³/mol. The van der Waals surface area contributed by atoms with E-state index in [1.165, 1.54) is 27.6 Å². The fourth-order valence-corrected chi connectivity index (χ4v) is 2.51. The lowest BCUT2D eigenvalue weighted by molar-refractivity contribution is 0.430. The van der Waals surface area contributed by atoms with Gasteiger partial charge in [0, 0.05) is 22.6 Å². The lowest BCUT2D eigenvalue weighted by Crippen LogP contribution is -2.37.